The molecule has 1 nitrogen and oxygen atoms in total. The van der Waals surface area contributed by atoms with E-state index in [4.69, 9.17) is 0 Å². The van der Waals surface area contributed by atoms with Crippen LogP contribution in [-0.2, 0) is 0 Å². The lowest BCUT2D eigenvalue weighted by molar-refractivity contribution is 0.138. The van der Waals surface area contributed by atoms with E-state index >= 15 is 0 Å². The summed E-state index contributed by atoms with van der Waals surface area (Å²) in [6, 6.07) is 0.743. The Bertz CT molecular complexity index is 188. The zero-order valence-corrected chi connectivity index (χ0v) is 10.7. The summed E-state index contributed by atoms with van der Waals surface area (Å²) in [5.41, 5.74) is 0.545. The van der Waals surface area contributed by atoms with Crippen molar-refractivity contribution in [1.82, 2.24) is 5.32 Å². The Morgan fingerprint density at radius 3 is 2.33 bits per heavy atom. The molecular weight excluding hydrogens is 182 g/mol. The lowest BCUT2D eigenvalue weighted by atomic mass is 9.69. The van der Waals surface area contributed by atoms with Crippen LogP contribution in [0.25, 0.3) is 0 Å². The number of hydrogen-bond donors (Lipinski definition) is 1. The smallest absolute Gasteiger partial charge is 0.0134 e. The van der Waals surface area contributed by atoms with Gasteiger partial charge in [-0.1, -0.05) is 33.3 Å². The maximum atomic E-state index is 3.75. The summed E-state index contributed by atoms with van der Waals surface area (Å²) in [6.07, 6.45) is 8.76. The molecule has 1 aliphatic carbocycles. The second kappa shape index (κ2) is 5.69. The van der Waals surface area contributed by atoms with Crippen LogP contribution in [0.1, 0.15) is 52.9 Å². The van der Waals surface area contributed by atoms with Gasteiger partial charge in [0.05, 0.1) is 0 Å². The molecule has 1 aliphatic rings. The molecule has 0 aliphatic heterocycles. The van der Waals surface area contributed by atoms with Crippen LogP contribution in [0.15, 0.2) is 12.7 Å². The highest BCUT2D eigenvalue weighted by Crippen LogP contribution is 2.40. The van der Waals surface area contributed by atoms with Crippen molar-refractivity contribution in [3.63, 3.8) is 0 Å². The third kappa shape index (κ3) is 3.64. The average molecular weight is 209 g/mol. The van der Waals surface area contributed by atoms with Crippen molar-refractivity contribution in [2.24, 2.45) is 11.3 Å². The van der Waals surface area contributed by atoms with Gasteiger partial charge in [0.1, 0.15) is 0 Å². The van der Waals surface area contributed by atoms with Gasteiger partial charge in [-0.15, -0.1) is 6.58 Å². The Hall–Kier alpha value is -0.300. The van der Waals surface area contributed by atoms with Gasteiger partial charge in [-0.05, 0) is 37.0 Å². The molecule has 1 N–H and O–H groups in total. The van der Waals surface area contributed by atoms with Gasteiger partial charge in [0, 0.05) is 12.6 Å². The third-order valence-corrected chi connectivity index (χ3v) is 4.29. The van der Waals surface area contributed by atoms with Crippen LogP contribution >= 0.6 is 0 Å². The van der Waals surface area contributed by atoms with Crippen molar-refractivity contribution in [3.05, 3.63) is 12.7 Å². The van der Waals surface area contributed by atoms with E-state index in [1.165, 1.54) is 32.1 Å². The van der Waals surface area contributed by atoms with E-state index in [9.17, 15) is 0 Å². The molecule has 1 heteroatoms. The molecule has 0 radical (unpaired) electrons. The summed E-state index contributed by atoms with van der Waals surface area (Å²) < 4.78 is 0. The van der Waals surface area contributed by atoms with E-state index in [0.717, 1.165) is 18.5 Å². The van der Waals surface area contributed by atoms with E-state index in [-0.39, 0.29) is 0 Å². The maximum absolute atomic E-state index is 3.75. The standard InChI is InChI=1S/C14H27N/c1-5-11-15-13-9-7-12(8-10-13)14(3,4)6-2/h5,12-13,15H,1,6-11H2,2-4H3. The van der Waals surface area contributed by atoms with Crippen LogP contribution < -0.4 is 5.32 Å². The fourth-order valence-electron chi connectivity index (χ4n) is 2.62. The second-order valence-corrected chi connectivity index (χ2v) is 5.59. The first-order chi connectivity index (χ1) is 7.10. The number of rotatable bonds is 5. The summed E-state index contributed by atoms with van der Waals surface area (Å²) in [5.74, 6) is 0.935. The molecule has 88 valence electrons. The van der Waals surface area contributed by atoms with Crippen LogP contribution in [0.3, 0.4) is 0 Å². The lowest BCUT2D eigenvalue weighted by Crippen LogP contribution is -2.36. The fraction of sp³-hybridized carbons (Fsp3) is 0.857. The average Bonchev–Trinajstić information content (AvgIpc) is 2.27. The van der Waals surface area contributed by atoms with E-state index in [1.807, 2.05) is 6.08 Å². The van der Waals surface area contributed by atoms with Crippen LogP contribution in [0.2, 0.25) is 0 Å². The summed E-state index contributed by atoms with van der Waals surface area (Å²) in [4.78, 5) is 0. The minimum Gasteiger partial charge on any atom is -0.311 e. The van der Waals surface area contributed by atoms with Crippen LogP contribution in [0.4, 0.5) is 0 Å². The van der Waals surface area contributed by atoms with E-state index in [1.54, 1.807) is 0 Å². The highest BCUT2D eigenvalue weighted by atomic mass is 14.9. The van der Waals surface area contributed by atoms with Gasteiger partial charge < -0.3 is 5.32 Å². The Kier molecular flexibility index (Phi) is 4.85. The molecule has 1 rings (SSSR count). The van der Waals surface area contributed by atoms with Gasteiger partial charge >= 0.3 is 0 Å². The molecule has 1 saturated carbocycles. The minimum absolute atomic E-state index is 0.545. The molecule has 0 aromatic heterocycles. The van der Waals surface area contributed by atoms with Gasteiger partial charge in [-0.25, -0.2) is 0 Å². The first-order valence-corrected chi connectivity index (χ1v) is 6.44. The Balaban J connectivity index is 2.32. The van der Waals surface area contributed by atoms with Crippen molar-refractivity contribution in [1.29, 1.82) is 0 Å². The SMILES string of the molecule is C=CCNC1CCC(C(C)(C)CC)CC1. The lowest BCUT2D eigenvalue weighted by Gasteiger charge is -2.39. The van der Waals surface area contributed by atoms with Crippen molar-refractivity contribution in [3.8, 4) is 0 Å². The molecule has 0 unspecified atom stereocenters. The van der Waals surface area contributed by atoms with Crippen molar-refractivity contribution in [2.45, 2.75) is 58.9 Å². The minimum atomic E-state index is 0.545. The van der Waals surface area contributed by atoms with Crippen LogP contribution in [0, 0.1) is 11.3 Å². The molecule has 1 fully saturated rings. The monoisotopic (exact) mass is 209 g/mol. The predicted molar refractivity (Wildman–Crippen MR) is 68.0 cm³/mol. The molecule has 0 aromatic carbocycles. The maximum Gasteiger partial charge on any atom is 0.0134 e. The molecule has 0 heterocycles. The van der Waals surface area contributed by atoms with Gasteiger partial charge in [-0.3, -0.25) is 0 Å². The van der Waals surface area contributed by atoms with Crippen LogP contribution in [-0.4, -0.2) is 12.6 Å². The Morgan fingerprint density at radius 1 is 1.27 bits per heavy atom. The first-order valence-electron chi connectivity index (χ1n) is 6.44. The van der Waals surface area contributed by atoms with E-state index in [2.05, 4.69) is 32.7 Å². The summed E-state index contributed by atoms with van der Waals surface area (Å²) in [7, 11) is 0. The molecule has 0 saturated heterocycles. The van der Waals surface area contributed by atoms with E-state index < -0.39 is 0 Å². The number of hydrogen-bond acceptors (Lipinski definition) is 1. The van der Waals surface area contributed by atoms with Gasteiger partial charge in [0.15, 0.2) is 0 Å². The normalized spacial score (nSPS) is 27.7. The zero-order chi connectivity index (χ0) is 11.3. The summed E-state index contributed by atoms with van der Waals surface area (Å²) in [5, 5.41) is 3.54. The topological polar surface area (TPSA) is 12.0 Å². The second-order valence-electron chi connectivity index (χ2n) is 5.59. The molecule has 0 spiro atoms. The Labute approximate surface area is 95.3 Å². The van der Waals surface area contributed by atoms with Gasteiger partial charge in [0.2, 0.25) is 0 Å². The summed E-state index contributed by atoms with van der Waals surface area (Å²) in [6.45, 7) is 11.9. The molecule has 0 bridgehead atoms. The predicted octanol–water partition coefficient (Wildman–Crippen LogP) is 3.76. The fourth-order valence-corrected chi connectivity index (χ4v) is 2.62. The third-order valence-electron chi connectivity index (χ3n) is 4.29. The van der Waals surface area contributed by atoms with Crippen LogP contribution in [0.5, 0.6) is 0 Å². The quantitative estimate of drug-likeness (QED) is 0.680. The van der Waals surface area contributed by atoms with E-state index in [0.29, 0.717) is 5.41 Å². The van der Waals surface area contributed by atoms with Crippen molar-refractivity contribution in [2.75, 3.05) is 6.54 Å². The van der Waals surface area contributed by atoms with Crippen molar-refractivity contribution >= 4 is 0 Å². The highest BCUT2D eigenvalue weighted by Gasteiger charge is 2.31. The van der Waals surface area contributed by atoms with Crippen molar-refractivity contribution < 1.29 is 0 Å². The zero-order valence-electron chi connectivity index (χ0n) is 10.7. The molecule has 15 heavy (non-hydrogen) atoms. The largest absolute Gasteiger partial charge is 0.311 e. The summed E-state index contributed by atoms with van der Waals surface area (Å²) >= 11 is 0. The molecule has 0 aromatic rings. The van der Waals surface area contributed by atoms with Gasteiger partial charge in [0.25, 0.3) is 0 Å². The molecule has 0 amide bonds. The number of nitrogens with one attached hydrogen (secondary N) is 1. The van der Waals surface area contributed by atoms with Gasteiger partial charge in [-0.2, -0.15) is 0 Å². The molecular formula is C14H27N. The highest BCUT2D eigenvalue weighted by molar-refractivity contribution is 4.86. The molecule has 0 atom stereocenters. The Morgan fingerprint density at radius 2 is 1.87 bits per heavy atom. The first kappa shape index (κ1) is 12.8.